The molecule has 2 aromatic rings. The van der Waals surface area contributed by atoms with Crippen molar-refractivity contribution in [3.8, 4) is 0 Å². The highest BCUT2D eigenvalue weighted by Gasteiger charge is 2.33. The molecule has 1 amide bonds. The summed E-state index contributed by atoms with van der Waals surface area (Å²) in [7, 11) is 0. The molecule has 6 nitrogen and oxygen atoms in total. The molecular weight excluding hydrogens is 280 g/mol. The molecule has 6 heteroatoms. The van der Waals surface area contributed by atoms with Crippen LogP contribution in [0.25, 0.3) is 11.1 Å². The van der Waals surface area contributed by atoms with Crippen LogP contribution in [0.2, 0.25) is 0 Å². The van der Waals surface area contributed by atoms with Gasteiger partial charge in [0.1, 0.15) is 0 Å². The number of Topliss-reactive ketones (excluding diaryl/α,β-unsaturated/α-hetero) is 1. The third kappa shape index (κ3) is 2.05. The Labute approximate surface area is 127 Å². The monoisotopic (exact) mass is 296 g/mol. The molecular formula is C16H16N4O2. The van der Waals surface area contributed by atoms with Gasteiger partial charge in [0.2, 0.25) is 0 Å². The predicted molar refractivity (Wildman–Crippen MR) is 84.8 cm³/mol. The van der Waals surface area contributed by atoms with Crippen LogP contribution in [0.1, 0.15) is 28.5 Å². The van der Waals surface area contributed by atoms with Gasteiger partial charge in [-0.2, -0.15) is 0 Å². The van der Waals surface area contributed by atoms with Gasteiger partial charge in [-0.1, -0.05) is 0 Å². The van der Waals surface area contributed by atoms with Crippen LogP contribution in [0.4, 0.5) is 5.69 Å². The van der Waals surface area contributed by atoms with Crippen molar-refractivity contribution in [1.29, 1.82) is 0 Å². The number of allylic oxidation sites excluding steroid dienone is 1. The van der Waals surface area contributed by atoms with Crippen molar-refractivity contribution in [2.45, 2.75) is 6.92 Å². The summed E-state index contributed by atoms with van der Waals surface area (Å²) in [4.78, 5) is 27.3. The lowest BCUT2D eigenvalue weighted by atomic mass is 9.97. The average Bonchev–Trinajstić information content (AvgIpc) is 3.14. The lowest BCUT2D eigenvalue weighted by Crippen LogP contribution is -2.33. The molecule has 2 heterocycles. The lowest BCUT2D eigenvalue weighted by Gasteiger charge is -2.08. The van der Waals surface area contributed by atoms with Gasteiger partial charge >= 0.3 is 0 Å². The van der Waals surface area contributed by atoms with Crippen molar-refractivity contribution in [1.82, 2.24) is 4.98 Å². The maximum absolute atomic E-state index is 12.5. The number of nitrogens with one attached hydrogen (secondary N) is 1. The molecule has 1 aliphatic rings. The number of hydrogen-bond acceptors (Lipinski definition) is 4. The zero-order valence-electron chi connectivity index (χ0n) is 12.1. The van der Waals surface area contributed by atoms with Crippen LogP contribution in [0.3, 0.4) is 0 Å². The predicted octanol–water partition coefficient (Wildman–Crippen LogP) is 1.31. The van der Waals surface area contributed by atoms with Crippen LogP contribution < -0.4 is 16.6 Å². The van der Waals surface area contributed by atoms with Gasteiger partial charge in [0, 0.05) is 23.0 Å². The van der Waals surface area contributed by atoms with Gasteiger partial charge < -0.3 is 10.7 Å². The number of ketones is 1. The maximum atomic E-state index is 12.5. The number of aromatic nitrogens is 1. The third-order valence-corrected chi connectivity index (χ3v) is 3.84. The first-order valence-corrected chi connectivity index (χ1v) is 6.86. The highest BCUT2D eigenvalue weighted by Crippen LogP contribution is 2.39. The standard InChI is InChI=1S/C16H16N4O2/c1-9(12-3-2-6-19-12)15-11-7-10(14(21)8-17)4-5-13(11)20(18)16(15)22/h2-7,19H,8,17-18H2,1H3. The molecule has 0 saturated heterocycles. The number of carbonyl (C=O) groups is 2. The lowest BCUT2D eigenvalue weighted by molar-refractivity contribution is -0.113. The number of anilines is 1. The summed E-state index contributed by atoms with van der Waals surface area (Å²) in [5, 5.41) is 1.10. The molecule has 0 saturated carbocycles. The summed E-state index contributed by atoms with van der Waals surface area (Å²) in [6.07, 6.45) is 1.79. The van der Waals surface area contributed by atoms with E-state index in [0.717, 1.165) is 16.3 Å². The number of nitrogens with two attached hydrogens (primary N) is 2. The Morgan fingerprint density at radius 3 is 2.73 bits per heavy atom. The number of rotatable bonds is 3. The van der Waals surface area contributed by atoms with Gasteiger partial charge in [0.15, 0.2) is 5.78 Å². The van der Waals surface area contributed by atoms with Crippen LogP contribution in [-0.2, 0) is 4.79 Å². The summed E-state index contributed by atoms with van der Waals surface area (Å²) in [5.41, 5.74) is 9.22. The minimum absolute atomic E-state index is 0.0757. The van der Waals surface area contributed by atoms with Crippen molar-refractivity contribution in [3.05, 3.63) is 53.3 Å². The smallest absolute Gasteiger partial charge is 0.273 e. The molecule has 1 aromatic carbocycles. The van der Waals surface area contributed by atoms with Gasteiger partial charge in [-0.05, 0) is 42.8 Å². The number of carbonyl (C=O) groups excluding carboxylic acids is 2. The number of nitrogens with zero attached hydrogens (tertiary/aromatic N) is 1. The number of H-pyrrole nitrogens is 1. The van der Waals surface area contributed by atoms with Crippen LogP contribution in [-0.4, -0.2) is 23.2 Å². The molecule has 0 atom stereocenters. The maximum Gasteiger partial charge on any atom is 0.273 e. The van der Waals surface area contributed by atoms with Crippen molar-refractivity contribution < 1.29 is 9.59 Å². The van der Waals surface area contributed by atoms with Crippen molar-refractivity contribution in [3.63, 3.8) is 0 Å². The quantitative estimate of drug-likeness (QED) is 0.343. The van der Waals surface area contributed by atoms with E-state index in [9.17, 15) is 9.59 Å². The van der Waals surface area contributed by atoms with Gasteiger partial charge in [-0.15, -0.1) is 0 Å². The van der Waals surface area contributed by atoms with Gasteiger partial charge in [-0.3, -0.25) is 9.59 Å². The highest BCUT2D eigenvalue weighted by atomic mass is 16.2. The van der Waals surface area contributed by atoms with Crippen molar-refractivity contribution in [2.75, 3.05) is 11.6 Å². The topological polar surface area (TPSA) is 105 Å². The number of amides is 1. The summed E-state index contributed by atoms with van der Waals surface area (Å²) in [6, 6.07) is 8.72. The Bertz CT molecular complexity index is 790. The van der Waals surface area contributed by atoms with E-state index in [4.69, 9.17) is 11.6 Å². The van der Waals surface area contributed by atoms with E-state index in [1.165, 1.54) is 0 Å². The van der Waals surface area contributed by atoms with Crippen LogP contribution in [0, 0.1) is 0 Å². The molecule has 0 aliphatic carbocycles. The molecule has 0 bridgehead atoms. The fourth-order valence-corrected chi connectivity index (χ4v) is 2.64. The molecule has 5 N–H and O–H groups in total. The van der Waals surface area contributed by atoms with E-state index in [-0.39, 0.29) is 18.2 Å². The number of aromatic amines is 1. The Balaban J connectivity index is 2.21. The summed E-state index contributed by atoms with van der Waals surface area (Å²) in [6.45, 7) is 1.77. The first-order valence-electron chi connectivity index (χ1n) is 6.86. The molecule has 112 valence electrons. The Kier molecular flexibility index (Phi) is 3.40. The number of fused-ring (bicyclic) bond motifs is 1. The highest BCUT2D eigenvalue weighted by molar-refractivity contribution is 6.37. The SMILES string of the molecule is CC(=C1C(=O)N(N)c2ccc(C(=O)CN)cc21)c1ccc[nH]1. The van der Waals surface area contributed by atoms with E-state index in [0.29, 0.717) is 22.4 Å². The fraction of sp³-hybridized carbons (Fsp3) is 0.125. The van der Waals surface area contributed by atoms with Crippen LogP contribution in [0.5, 0.6) is 0 Å². The Morgan fingerprint density at radius 1 is 1.32 bits per heavy atom. The van der Waals surface area contributed by atoms with Crippen molar-refractivity contribution in [2.24, 2.45) is 11.6 Å². The number of hydrogen-bond donors (Lipinski definition) is 3. The van der Waals surface area contributed by atoms with Gasteiger partial charge in [-0.25, -0.2) is 10.9 Å². The summed E-state index contributed by atoms with van der Waals surface area (Å²) < 4.78 is 0. The number of hydrazine groups is 1. The second kappa shape index (κ2) is 5.25. The minimum atomic E-state index is -0.292. The summed E-state index contributed by atoms with van der Waals surface area (Å²) >= 11 is 0. The first-order chi connectivity index (χ1) is 10.5. The molecule has 22 heavy (non-hydrogen) atoms. The van der Waals surface area contributed by atoms with E-state index >= 15 is 0 Å². The largest absolute Gasteiger partial charge is 0.361 e. The van der Waals surface area contributed by atoms with E-state index in [2.05, 4.69) is 4.98 Å². The van der Waals surface area contributed by atoms with Crippen LogP contribution >= 0.6 is 0 Å². The van der Waals surface area contributed by atoms with E-state index in [1.807, 2.05) is 19.1 Å². The van der Waals surface area contributed by atoms with E-state index < -0.39 is 0 Å². The zero-order chi connectivity index (χ0) is 15.9. The van der Waals surface area contributed by atoms with Gasteiger partial charge in [0.25, 0.3) is 5.91 Å². The second-order valence-electron chi connectivity index (χ2n) is 5.12. The van der Waals surface area contributed by atoms with E-state index in [1.54, 1.807) is 24.4 Å². The zero-order valence-corrected chi connectivity index (χ0v) is 12.1. The molecule has 0 radical (unpaired) electrons. The first kappa shape index (κ1) is 14.2. The van der Waals surface area contributed by atoms with Crippen molar-refractivity contribution >= 4 is 28.5 Å². The molecule has 1 aromatic heterocycles. The normalized spacial score (nSPS) is 16.0. The molecule has 0 fully saturated rings. The number of benzene rings is 1. The third-order valence-electron chi connectivity index (χ3n) is 3.84. The summed E-state index contributed by atoms with van der Waals surface area (Å²) in [5.74, 6) is 5.39. The molecule has 0 spiro atoms. The Hall–Kier alpha value is -2.70. The average molecular weight is 296 g/mol. The Morgan fingerprint density at radius 2 is 2.09 bits per heavy atom. The second-order valence-corrected chi connectivity index (χ2v) is 5.12. The van der Waals surface area contributed by atoms with Gasteiger partial charge in [0.05, 0.1) is 17.8 Å². The molecule has 1 aliphatic heterocycles. The molecule has 0 unspecified atom stereocenters. The fourth-order valence-electron chi connectivity index (χ4n) is 2.64. The van der Waals surface area contributed by atoms with Crippen LogP contribution in [0.15, 0.2) is 36.5 Å². The molecule has 3 rings (SSSR count). The minimum Gasteiger partial charge on any atom is -0.361 e.